The fourth-order valence-electron chi connectivity index (χ4n) is 4.57. The Hall–Kier alpha value is -3.39. The molecule has 1 N–H and O–H groups in total. The van der Waals surface area contributed by atoms with E-state index in [1.807, 2.05) is 17.0 Å². The number of aryl methyl sites for hydroxylation is 2. The molecule has 1 heterocycles. The molecular weight excluding hydrogens is 489 g/mol. The quantitative estimate of drug-likeness (QED) is 0.416. The van der Waals surface area contributed by atoms with Gasteiger partial charge in [-0.2, -0.15) is 0 Å². The number of halogens is 1. The Morgan fingerprint density at radius 3 is 2.46 bits per heavy atom. The second-order valence-electron chi connectivity index (χ2n) is 9.47. The third-order valence-corrected chi connectivity index (χ3v) is 8.13. The first-order valence-electron chi connectivity index (χ1n) is 12.8. The van der Waals surface area contributed by atoms with Gasteiger partial charge < -0.3 is 9.80 Å². The minimum absolute atomic E-state index is 0.0410. The monoisotopic (exact) mass is 523 g/mol. The van der Waals surface area contributed by atoms with Crippen LogP contribution in [0.2, 0.25) is 0 Å². The van der Waals surface area contributed by atoms with Crippen molar-refractivity contribution in [1.82, 2.24) is 4.90 Å². The van der Waals surface area contributed by atoms with Gasteiger partial charge in [0.2, 0.25) is 0 Å². The molecule has 0 aliphatic carbocycles. The summed E-state index contributed by atoms with van der Waals surface area (Å²) < 4.78 is 43.2. The summed E-state index contributed by atoms with van der Waals surface area (Å²) in [7, 11) is -3.87. The molecule has 0 unspecified atom stereocenters. The molecule has 1 saturated heterocycles. The molecule has 0 saturated carbocycles. The molecule has 0 bridgehead atoms. The second kappa shape index (κ2) is 11.8. The van der Waals surface area contributed by atoms with Gasteiger partial charge in [0.05, 0.1) is 10.6 Å². The molecule has 0 radical (unpaired) electrons. The van der Waals surface area contributed by atoms with Crippen LogP contribution in [-0.4, -0.2) is 45.4 Å². The highest BCUT2D eigenvalue weighted by molar-refractivity contribution is 7.92. The summed E-state index contributed by atoms with van der Waals surface area (Å²) in [5.74, 6) is -0.496. The van der Waals surface area contributed by atoms with Crippen LogP contribution in [0.3, 0.4) is 0 Å². The first-order chi connectivity index (χ1) is 17.8. The molecule has 1 aliphatic heterocycles. The van der Waals surface area contributed by atoms with E-state index in [2.05, 4.69) is 11.6 Å². The van der Waals surface area contributed by atoms with Crippen LogP contribution >= 0.6 is 0 Å². The molecule has 3 aromatic rings. The molecule has 0 atom stereocenters. The summed E-state index contributed by atoms with van der Waals surface area (Å²) in [6.45, 7) is 6.01. The van der Waals surface area contributed by atoms with Gasteiger partial charge in [-0.25, -0.2) is 12.8 Å². The number of rotatable bonds is 8. The van der Waals surface area contributed by atoms with E-state index in [1.165, 1.54) is 23.8 Å². The Kier molecular flexibility index (Phi) is 8.48. The topological polar surface area (TPSA) is 69.7 Å². The summed E-state index contributed by atoms with van der Waals surface area (Å²) in [5.41, 5.74) is 3.25. The fourth-order valence-corrected chi connectivity index (χ4v) is 5.66. The van der Waals surface area contributed by atoms with Crippen LogP contribution in [0.25, 0.3) is 0 Å². The Labute approximate surface area is 219 Å². The standard InChI is InChI=1S/C29H34FN3O3S/c1-3-4-8-23-12-14-24(15-13-23)31-37(35,36)25-16-11-22(2)26(21-25)29(34)33-18-7-17-32(19-20-33)28-10-6-5-9-27(28)30/h5-6,9-16,21,31H,3-4,7-8,17-20H2,1-2H3. The van der Waals surface area contributed by atoms with E-state index in [0.29, 0.717) is 55.1 Å². The number of unbranched alkanes of at least 4 members (excludes halogenated alkanes) is 1. The van der Waals surface area contributed by atoms with Crippen molar-refractivity contribution < 1.29 is 17.6 Å². The summed E-state index contributed by atoms with van der Waals surface area (Å²) in [4.78, 5) is 17.2. The average Bonchev–Trinajstić information content (AvgIpc) is 3.14. The van der Waals surface area contributed by atoms with Crippen LogP contribution in [0, 0.1) is 12.7 Å². The molecule has 3 aromatic carbocycles. The van der Waals surface area contributed by atoms with Crippen LogP contribution in [-0.2, 0) is 16.4 Å². The maximum atomic E-state index is 14.3. The Balaban J connectivity index is 1.48. The molecule has 1 amide bonds. The molecule has 8 heteroatoms. The van der Waals surface area contributed by atoms with Gasteiger partial charge in [-0.15, -0.1) is 0 Å². The van der Waals surface area contributed by atoms with Gasteiger partial charge >= 0.3 is 0 Å². The highest BCUT2D eigenvalue weighted by Gasteiger charge is 2.24. The van der Waals surface area contributed by atoms with E-state index in [9.17, 15) is 17.6 Å². The number of carbonyl (C=O) groups excluding carboxylic acids is 1. The third-order valence-electron chi connectivity index (χ3n) is 6.75. The largest absolute Gasteiger partial charge is 0.367 e. The van der Waals surface area contributed by atoms with Crippen molar-refractivity contribution >= 4 is 27.3 Å². The maximum Gasteiger partial charge on any atom is 0.261 e. The summed E-state index contributed by atoms with van der Waals surface area (Å²) >= 11 is 0. The minimum atomic E-state index is -3.87. The van der Waals surface area contributed by atoms with Gasteiger partial charge in [0.25, 0.3) is 15.9 Å². The van der Waals surface area contributed by atoms with E-state index in [4.69, 9.17) is 0 Å². The van der Waals surface area contributed by atoms with Crippen molar-refractivity contribution in [2.75, 3.05) is 35.8 Å². The van der Waals surface area contributed by atoms with E-state index < -0.39 is 10.0 Å². The number of amides is 1. The van der Waals surface area contributed by atoms with Gasteiger partial charge in [-0.3, -0.25) is 9.52 Å². The molecule has 1 fully saturated rings. The number of benzene rings is 3. The summed E-state index contributed by atoms with van der Waals surface area (Å²) in [5, 5.41) is 0. The van der Waals surface area contributed by atoms with Crippen molar-refractivity contribution in [3.63, 3.8) is 0 Å². The van der Waals surface area contributed by atoms with Gasteiger partial charge in [-0.1, -0.05) is 43.7 Å². The van der Waals surface area contributed by atoms with E-state index in [-0.39, 0.29) is 16.6 Å². The van der Waals surface area contributed by atoms with Crippen LogP contribution < -0.4 is 9.62 Å². The van der Waals surface area contributed by atoms with Gasteiger partial charge in [0, 0.05) is 37.4 Å². The van der Waals surface area contributed by atoms with Crippen molar-refractivity contribution in [2.45, 2.75) is 44.4 Å². The molecule has 4 rings (SSSR count). The average molecular weight is 524 g/mol. The number of carbonyl (C=O) groups is 1. The predicted molar refractivity (Wildman–Crippen MR) is 146 cm³/mol. The zero-order chi connectivity index (χ0) is 26.4. The first kappa shape index (κ1) is 26.7. The number of nitrogens with one attached hydrogen (secondary N) is 1. The molecule has 37 heavy (non-hydrogen) atoms. The van der Waals surface area contributed by atoms with Crippen LogP contribution in [0.15, 0.2) is 71.6 Å². The Bertz CT molecular complexity index is 1340. The van der Waals surface area contributed by atoms with E-state index >= 15 is 0 Å². The molecule has 6 nitrogen and oxygen atoms in total. The number of hydrogen-bond donors (Lipinski definition) is 1. The summed E-state index contributed by atoms with van der Waals surface area (Å²) in [6, 6.07) is 18.7. The minimum Gasteiger partial charge on any atom is -0.367 e. The predicted octanol–water partition coefficient (Wildman–Crippen LogP) is 5.63. The lowest BCUT2D eigenvalue weighted by Crippen LogP contribution is -2.35. The van der Waals surface area contributed by atoms with Crippen molar-refractivity contribution in [3.8, 4) is 0 Å². The first-order valence-corrected chi connectivity index (χ1v) is 14.3. The van der Waals surface area contributed by atoms with Crippen LogP contribution in [0.1, 0.15) is 47.7 Å². The Morgan fingerprint density at radius 1 is 0.973 bits per heavy atom. The number of para-hydroxylation sites is 1. The number of hydrogen-bond acceptors (Lipinski definition) is 4. The second-order valence-corrected chi connectivity index (χ2v) is 11.1. The van der Waals surface area contributed by atoms with Gasteiger partial charge in [0.15, 0.2) is 0 Å². The third kappa shape index (κ3) is 6.49. The lowest BCUT2D eigenvalue weighted by Gasteiger charge is -2.24. The zero-order valence-corrected chi connectivity index (χ0v) is 22.2. The normalized spacial score (nSPS) is 14.4. The smallest absolute Gasteiger partial charge is 0.261 e. The lowest BCUT2D eigenvalue weighted by atomic mass is 10.1. The van der Waals surface area contributed by atoms with Crippen molar-refractivity contribution in [3.05, 3.63) is 89.2 Å². The highest BCUT2D eigenvalue weighted by Crippen LogP contribution is 2.24. The van der Waals surface area contributed by atoms with Crippen molar-refractivity contribution in [2.24, 2.45) is 0 Å². The molecule has 0 spiro atoms. The Morgan fingerprint density at radius 2 is 1.73 bits per heavy atom. The number of sulfonamides is 1. The molecule has 1 aliphatic rings. The number of anilines is 2. The zero-order valence-electron chi connectivity index (χ0n) is 21.4. The van der Waals surface area contributed by atoms with Crippen LogP contribution in [0.5, 0.6) is 0 Å². The molecule has 196 valence electrons. The van der Waals surface area contributed by atoms with Crippen molar-refractivity contribution in [1.29, 1.82) is 0 Å². The van der Waals surface area contributed by atoms with Gasteiger partial charge in [-0.05, 0) is 73.7 Å². The van der Waals surface area contributed by atoms with E-state index in [1.54, 1.807) is 48.2 Å². The number of nitrogens with zero attached hydrogens (tertiary/aromatic N) is 2. The SMILES string of the molecule is CCCCc1ccc(NS(=O)(=O)c2ccc(C)c(C(=O)N3CCCN(c4ccccc4F)CC3)c2)cc1. The van der Waals surface area contributed by atoms with Crippen LogP contribution in [0.4, 0.5) is 15.8 Å². The molecular formula is C29H34FN3O3S. The maximum absolute atomic E-state index is 14.3. The summed E-state index contributed by atoms with van der Waals surface area (Å²) in [6.07, 6.45) is 3.84. The van der Waals surface area contributed by atoms with Gasteiger partial charge in [0.1, 0.15) is 5.82 Å². The van der Waals surface area contributed by atoms with E-state index in [0.717, 1.165) is 19.3 Å². The lowest BCUT2D eigenvalue weighted by molar-refractivity contribution is 0.0766. The highest BCUT2D eigenvalue weighted by atomic mass is 32.2. The fraction of sp³-hybridized carbons (Fsp3) is 0.345. The molecule has 0 aromatic heterocycles.